The zero-order valence-corrected chi connectivity index (χ0v) is 13.1. The highest BCUT2D eigenvalue weighted by molar-refractivity contribution is 7.19. The third kappa shape index (κ3) is 2.75. The van der Waals surface area contributed by atoms with Gasteiger partial charge in [0.25, 0.3) is 0 Å². The second kappa shape index (κ2) is 6.25. The molecule has 21 heavy (non-hydrogen) atoms. The number of thiophene rings is 1. The molecule has 6 heteroatoms. The lowest BCUT2D eigenvalue weighted by Crippen LogP contribution is -2.31. The van der Waals surface area contributed by atoms with E-state index in [0.29, 0.717) is 13.1 Å². The number of fused-ring (bicyclic) bond motifs is 3. The molecule has 5 nitrogen and oxygen atoms in total. The smallest absolute Gasteiger partial charge is 0.141 e. The third-order valence-electron chi connectivity index (χ3n) is 3.95. The molecule has 0 fully saturated rings. The van der Waals surface area contributed by atoms with Crippen molar-refractivity contribution in [1.29, 1.82) is 0 Å². The number of rotatable bonds is 5. The Kier molecular flexibility index (Phi) is 4.37. The minimum Gasteiger partial charge on any atom is -0.395 e. The lowest BCUT2D eigenvalue weighted by Gasteiger charge is -2.23. The summed E-state index contributed by atoms with van der Waals surface area (Å²) in [5.74, 6) is 1.62. The van der Waals surface area contributed by atoms with Gasteiger partial charge in [0.15, 0.2) is 0 Å². The molecule has 3 rings (SSSR count). The fourth-order valence-electron chi connectivity index (χ4n) is 3.04. The Morgan fingerprint density at radius 1 is 1.10 bits per heavy atom. The SMILES string of the molecule is Cc1nc(N(CCO)CCO)c2c3c(sc2n1)CCCC3. The van der Waals surface area contributed by atoms with Crippen LogP contribution in [0.5, 0.6) is 0 Å². The van der Waals surface area contributed by atoms with E-state index in [-0.39, 0.29) is 13.2 Å². The van der Waals surface area contributed by atoms with Gasteiger partial charge in [-0.1, -0.05) is 0 Å². The van der Waals surface area contributed by atoms with Gasteiger partial charge in [-0.05, 0) is 38.2 Å². The van der Waals surface area contributed by atoms with Gasteiger partial charge in [-0.3, -0.25) is 0 Å². The van der Waals surface area contributed by atoms with Gasteiger partial charge < -0.3 is 15.1 Å². The third-order valence-corrected chi connectivity index (χ3v) is 5.13. The molecule has 0 atom stereocenters. The average molecular weight is 307 g/mol. The van der Waals surface area contributed by atoms with Gasteiger partial charge in [0.1, 0.15) is 16.5 Å². The topological polar surface area (TPSA) is 69.5 Å². The van der Waals surface area contributed by atoms with Crippen LogP contribution in [0.1, 0.15) is 29.1 Å². The minimum atomic E-state index is 0.0525. The van der Waals surface area contributed by atoms with Gasteiger partial charge in [0.2, 0.25) is 0 Å². The standard InChI is InChI=1S/C15H21N3O2S/c1-10-16-14(18(6-8-19)7-9-20)13-11-4-2-3-5-12(11)21-15(13)17-10/h19-20H,2-9H2,1H3. The fourth-order valence-corrected chi connectivity index (χ4v) is 4.34. The molecule has 0 unspecified atom stereocenters. The molecule has 0 saturated carbocycles. The number of aromatic nitrogens is 2. The molecule has 0 radical (unpaired) electrons. The van der Waals surface area contributed by atoms with Crippen molar-refractivity contribution in [2.75, 3.05) is 31.2 Å². The van der Waals surface area contributed by atoms with Crippen molar-refractivity contribution in [2.24, 2.45) is 0 Å². The van der Waals surface area contributed by atoms with E-state index >= 15 is 0 Å². The normalized spacial score (nSPS) is 14.4. The van der Waals surface area contributed by atoms with E-state index in [9.17, 15) is 10.2 Å². The molecule has 0 aromatic carbocycles. The van der Waals surface area contributed by atoms with Crippen molar-refractivity contribution in [3.63, 3.8) is 0 Å². The van der Waals surface area contributed by atoms with E-state index in [4.69, 9.17) is 0 Å². The molecule has 2 heterocycles. The molecule has 2 N–H and O–H groups in total. The highest BCUT2D eigenvalue weighted by Gasteiger charge is 2.22. The van der Waals surface area contributed by atoms with Crippen LogP contribution < -0.4 is 4.90 Å². The number of nitrogens with zero attached hydrogens (tertiary/aromatic N) is 3. The molecular weight excluding hydrogens is 286 g/mol. The average Bonchev–Trinajstić information content (AvgIpc) is 2.84. The first-order valence-corrected chi connectivity index (χ1v) is 8.31. The summed E-state index contributed by atoms with van der Waals surface area (Å²) in [5, 5.41) is 19.7. The van der Waals surface area contributed by atoms with E-state index in [1.165, 1.54) is 23.3 Å². The van der Waals surface area contributed by atoms with Gasteiger partial charge in [0.05, 0.1) is 18.6 Å². The predicted molar refractivity (Wildman–Crippen MR) is 85.2 cm³/mol. The van der Waals surface area contributed by atoms with Gasteiger partial charge in [-0.25, -0.2) is 9.97 Å². The van der Waals surface area contributed by atoms with Crippen molar-refractivity contribution in [1.82, 2.24) is 9.97 Å². The number of hydrogen-bond acceptors (Lipinski definition) is 6. The zero-order valence-electron chi connectivity index (χ0n) is 12.3. The van der Waals surface area contributed by atoms with Crippen LogP contribution in [0.3, 0.4) is 0 Å². The molecule has 114 valence electrons. The van der Waals surface area contributed by atoms with Crippen LogP contribution in [0.15, 0.2) is 0 Å². The summed E-state index contributed by atoms with van der Waals surface area (Å²) in [4.78, 5) is 13.7. The first-order valence-electron chi connectivity index (χ1n) is 7.50. The molecule has 0 saturated heterocycles. The van der Waals surface area contributed by atoms with Crippen molar-refractivity contribution in [3.05, 3.63) is 16.3 Å². The summed E-state index contributed by atoms with van der Waals surface area (Å²) in [6.07, 6.45) is 4.68. The van der Waals surface area contributed by atoms with E-state index in [0.717, 1.165) is 34.7 Å². The van der Waals surface area contributed by atoms with Crippen LogP contribution in [-0.2, 0) is 12.8 Å². The molecule has 0 amide bonds. The zero-order chi connectivity index (χ0) is 14.8. The molecule has 2 aromatic heterocycles. The lowest BCUT2D eigenvalue weighted by atomic mass is 9.97. The summed E-state index contributed by atoms with van der Waals surface area (Å²) >= 11 is 1.78. The Morgan fingerprint density at radius 2 is 1.81 bits per heavy atom. The summed E-state index contributed by atoms with van der Waals surface area (Å²) in [7, 11) is 0. The fraction of sp³-hybridized carbons (Fsp3) is 0.600. The summed E-state index contributed by atoms with van der Waals surface area (Å²) in [6, 6.07) is 0. The Morgan fingerprint density at radius 3 is 2.52 bits per heavy atom. The van der Waals surface area contributed by atoms with Gasteiger partial charge in [-0.15, -0.1) is 11.3 Å². The number of anilines is 1. The van der Waals surface area contributed by atoms with E-state index in [2.05, 4.69) is 9.97 Å². The van der Waals surface area contributed by atoms with Crippen LogP contribution in [0, 0.1) is 6.92 Å². The van der Waals surface area contributed by atoms with Crippen molar-refractivity contribution in [3.8, 4) is 0 Å². The number of aliphatic hydroxyl groups excluding tert-OH is 2. The summed E-state index contributed by atoms with van der Waals surface area (Å²) in [5.41, 5.74) is 1.39. The second-order valence-corrected chi connectivity index (χ2v) is 6.50. The van der Waals surface area contributed by atoms with Crippen LogP contribution in [0.4, 0.5) is 5.82 Å². The maximum atomic E-state index is 9.29. The first-order chi connectivity index (χ1) is 10.2. The van der Waals surface area contributed by atoms with E-state index in [1.807, 2.05) is 11.8 Å². The molecule has 1 aliphatic rings. The monoisotopic (exact) mass is 307 g/mol. The molecule has 0 aliphatic heterocycles. The van der Waals surface area contributed by atoms with Crippen LogP contribution in [0.2, 0.25) is 0 Å². The highest BCUT2D eigenvalue weighted by Crippen LogP contribution is 2.39. The van der Waals surface area contributed by atoms with Gasteiger partial charge in [0, 0.05) is 18.0 Å². The molecule has 2 aromatic rings. The maximum Gasteiger partial charge on any atom is 0.141 e. The maximum absolute atomic E-state index is 9.29. The number of aliphatic hydroxyl groups is 2. The Hall–Kier alpha value is -1.24. The Labute approximate surface area is 128 Å². The minimum absolute atomic E-state index is 0.0525. The highest BCUT2D eigenvalue weighted by atomic mass is 32.1. The first kappa shape index (κ1) is 14.7. The number of hydrogen-bond donors (Lipinski definition) is 2. The number of aryl methyl sites for hydroxylation is 3. The van der Waals surface area contributed by atoms with Crippen molar-refractivity contribution in [2.45, 2.75) is 32.6 Å². The van der Waals surface area contributed by atoms with E-state index < -0.39 is 0 Å². The van der Waals surface area contributed by atoms with Gasteiger partial charge in [-0.2, -0.15) is 0 Å². The Bertz CT molecular complexity index is 635. The molecular formula is C15H21N3O2S. The summed E-state index contributed by atoms with van der Waals surface area (Å²) in [6.45, 7) is 2.97. The lowest BCUT2D eigenvalue weighted by molar-refractivity contribution is 0.281. The van der Waals surface area contributed by atoms with E-state index in [1.54, 1.807) is 11.3 Å². The largest absolute Gasteiger partial charge is 0.395 e. The molecule has 1 aliphatic carbocycles. The second-order valence-electron chi connectivity index (χ2n) is 5.42. The quantitative estimate of drug-likeness (QED) is 0.879. The van der Waals surface area contributed by atoms with Crippen LogP contribution >= 0.6 is 11.3 Å². The van der Waals surface area contributed by atoms with Crippen LogP contribution in [-0.4, -0.2) is 46.5 Å². The molecule has 0 bridgehead atoms. The Balaban J connectivity index is 2.17. The molecule has 0 spiro atoms. The van der Waals surface area contributed by atoms with Crippen LogP contribution in [0.25, 0.3) is 10.2 Å². The summed E-state index contributed by atoms with van der Waals surface area (Å²) < 4.78 is 0. The van der Waals surface area contributed by atoms with Crippen molar-refractivity contribution < 1.29 is 10.2 Å². The van der Waals surface area contributed by atoms with Gasteiger partial charge >= 0.3 is 0 Å². The predicted octanol–water partition coefficient (Wildman–Crippen LogP) is 1.67. The van der Waals surface area contributed by atoms with Crippen molar-refractivity contribution >= 4 is 27.4 Å².